The van der Waals surface area contributed by atoms with Gasteiger partial charge in [-0.2, -0.15) is 0 Å². The van der Waals surface area contributed by atoms with Gasteiger partial charge in [-0.3, -0.25) is 19.2 Å². The van der Waals surface area contributed by atoms with Crippen molar-refractivity contribution < 1.29 is 29.4 Å². The third kappa shape index (κ3) is 9.07. The van der Waals surface area contributed by atoms with E-state index in [9.17, 15) is 29.4 Å². The highest BCUT2D eigenvalue weighted by Gasteiger charge is 2.52. The lowest BCUT2D eigenvalue weighted by Crippen LogP contribution is -2.44. The summed E-state index contributed by atoms with van der Waals surface area (Å²) in [7, 11) is 0. The third-order valence-electron chi connectivity index (χ3n) is 10.7. The summed E-state index contributed by atoms with van der Waals surface area (Å²) in [4.78, 5) is 56.7. The summed E-state index contributed by atoms with van der Waals surface area (Å²) >= 11 is 0. The maximum absolute atomic E-state index is 14.4. The van der Waals surface area contributed by atoms with Gasteiger partial charge in [-0.05, 0) is 80.2 Å². The summed E-state index contributed by atoms with van der Waals surface area (Å²) in [5.41, 5.74) is 1.80. The molecular weight excluding hydrogens is 684 g/mol. The Hall–Kier alpha value is -4.88. The minimum atomic E-state index is -1.99. The van der Waals surface area contributed by atoms with Gasteiger partial charge >= 0.3 is 0 Å². The van der Waals surface area contributed by atoms with E-state index in [4.69, 9.17) is 0 Å². The van der Waals surface area contributed by atoms with E-state index in [-0.39, 0.29) is 55.7 Å². The molecular formula is C42H52N6O6. The van der Waals surface area contributed by atoms with E-state index in [0.29, 0.717) is 42.3 Å². The first kappa shape index (κ1) is 38.8. The van der Waals surface area contributed by atoms with Gasteiger partial charge in [-0.1, -0.05) is 61.5 Å². The number of aliphatic hydroxyl groups excluding tert-OH is 1. The lowest BCUT2D eigenvalue weighted by atomic mass is 9.82. The molecule has 0 radical (unpaired) electrons. The van der Waals surface area contributed by atoms with Crippen molar-refractivity contribution in [3.05, 3.63) is 102 Å². The Balaban J connectivity index is 1.20. The molecule has 54 heavy (non-hydrogen) atoms. The van der Waals surface area contributed by atoms with Gasteiger partial charge in [0.05, 0.1) is 30.7 Å². The molecule has 4 atom stereocenters. The number of rotatable bonds is 14. The molecule has 2 saturated heterocycles. The zero-order chi connectivity index (χ0) is 38.1. The SMILES string of the molecule is C[C@@H](/C=C/CC(=O)N(CCO)Cc1ccccc1)[C@]1(O)C(=O)N(Cc2ccc(NC(=O)C3CCCNC3)cc2)c2ccc(NC(=O)C3CCCNC3)cc21. The highest BCUT2D eigenvalue weighted by molar-refractivity contribution is 6.08. The Morgan fingerprint density at radius 3 is 2.15 bits per heavy atom. The minimum Gasteiger partial charge on any atom is -0.395 e. The zero-order valence-electron chi connectivity index (χ0n) is 30.9. The molecule has 3 aromatic rings. The van der Waals surface area contributed by atoms with Crippen LogP contribution in [0.25, 0.3) is 0 Å². The van der Waals surface area contributed by atoms with Crippen LogP contribution in [0.5, 0.6) is 0 Å². The minimum absolute atomic E-state index is 0.0175. The lowest BCUT2D eigenvalue weighted by molar-refractivity contribution is -0.139. The Morgan fingerprint density at radius 2 is 1.54 bits per heavy atom. The molecule has 12 nitrogen and oxygen atoms in total. The van der Waals surface area contributed by atoms with E-state index >= 15 is 0 Å². The predicted octanol–water partition coefficient (Wildman–Crippen LogP) is 3.90. The van der Waals surface area contributed by atoms with Gasteiger partial charge in [-0.25, -0.2) is 0 Å². The van der Waals surface area contributed by atoms with Crippen LogP contribution in [0, 0.1) is 17.8 Å². The number of piperidine rings is 2. The number of hydrogen-bond acceptors (Lipinski definition) is 8. The predicted molar refractivity (Wildman–Crippen MR) is 208 cm³/mol. The average Bonchev–Trinajstić information content (AvgIpc) is 3.41. The van der Waals surface area contributed by atoms with Crippen molar-refractivity contribution in [1.29, 1.82) is 0 Å². The molecule has 0 saturated carbocycles. The number of carbonyl (C=O) groups is 4. The number of fused-ring (bicyclic) bond motifs is 1. The molecule has 3 aliphatic rings. The van der Waals surface area contributed by atoms with Crippen molar-refractivity contribution in [3.8, 4) is 0 Å². The topological polar surface area (TPSA) is 163 Å². The second-order valence-electron chi connectivity index (χ2n) is 14.6. The summed E-state index contributed by atoms with van der Waals surface area (Å²) in [6.07, 6.45) is 6.86. The Bertz CT molecular complexity index is 1810. The fraction of sp³-hybridized carbons (Fsp3) is 0.429. The van der Waals surface area contributed by atoms with Crippen molar-refractivity contribution >= 4 is 40.7 Å². The van der Waals surface area contributed by atoms with Crippen LogP contribution in [0.1, 0.15) is 55.7 Å². The molecule has 3 aliphatic heterocycles. The lowest BCUT2D eigenvalue weighted by Gasteiger charge is -2.28. The number of amides is 4. The van der Waals surface area contributed by atoms with Gasteiger partial charge in [0.15, 0.2) is 5.60 Å². The van der Waals surface area contributed by atoms with Crippen molar-refractivity contribution in [2.45, 2.75) is 57.7 Å². The second-order valence-corrected chi connectivity index (χ2v) is 14.6. The molecule has 12 heteroatoms. The molecule has 6 rings (SSSR count). The van der Waals surface area contributed by atoms with Crippen LogP contribution in [0.2, 0.25) is 0 Å². The standard InChI is InChI=1S/C42H52N6O6/c1-29(8-5-13-38(50)47(22-23-49)27-30-9-3-2-4-10-30)42(54)36-24-35(46-40(52)33-12-7-21-44-26-33)18-19-37(36)48(41(42)53)28-31-14-16-34(17-15-31)45-39(51)32-11-6-20-43-25-32/h2-5,8-10,14-19,24,29,32-33,43-44,49,54H,6-7,11-13,20-23,25-28H2,1H3,(H,45,51)(H,46,52)/b8-5+/t29-,32?,33?,42+/m0/s1. The second kappa shape index (κ2) is 18.0. The molecule has 2 fully saturated rings. The van der Waals surface area contributed by atoms with Crippen LogP contribution < -0.4 is 26.2 Å². The first-order chi connectivity index (χ1) is 26.2. The van der Waals surface area contributed by atoms with Crippen molar-refractivity contribution in [1.82, 2.24) is 15.5 Å². The Morgan fingerprint density at radius 1 is 0.907 bits per heavy atom. The van der Waals surface area contributed by atoms with Crippen LogP contribution in [0.15, 0.2) is 84.9 Å². The van der Waals surface area contributed by atoms with Gasteiger partial charge in [0.25, 0.3) is 5.91 Å². The van der Waals surface area contributed by atoms with Crippen LogP contribution >= 0.6 is 0 Å². The number of carbonyl (C=O) groups excluding carboxylic acids is 4. The van der Waals surface area contributed by atoms with E-state index in [1.165, 1.54) is 0 Å². The summed E-state index contributed by atoms with van der Waals surface area (Å²) in [6, 6.07) is 22.1. The number of anilines is 3. The Labute approximate surface area is 317 Å². The monoisotopic (exact) mass is 736 g/mol. The number of benzene rings is 3. The molecule has 0 spiro atoms. The van der Waals surface area contributed by atoms with Crippen LogP contribution in [0.4, 0.5) is 17.1 Å². The third-order valence-corrected chi connectivity index (χ3v) is 10.7. The first-order valence-corrected chi connectivity index (χ1v) is 19.1. The fourth-order valence-corrected chi connectivity index (χ4v) is 7.56. The highest BCUT2D eigenvalue weighted by Crippen LogP contribution is 2.47. The van der Waals surface area contributed by atoms with Gasteiger partial charge in [0, 0.05) is 55.5 Å². The molecule has 3 aromatic carbocycles. The molecule has 0 bridgehead atoms. The summed E-state index contributed by atoms with van der Waals surface area (Å²) < 4.78 is 0. The summed E-state index contributed by atoms with van der Waals surface area (Å²) in [5.74, 6) is -1.85. The molecule has 6 N–H and O–H groups in total. The van der Waals surface area contributed by atoms with Crippen molar-refractivity contribution in [2.75, 3.05) is 54.9 Å². The maximum atomic E-state index is 14.4. The summed E-state index contributed by atoms with van der Waals surface area (Å²) in [6.45, 7) is 5.32. The molecule has 3 heterocycles. The number of nitrogens with zero attached hydrogens (tertiary/aromatic N) is 2. The first-order valence-electron chi connectivity index (χ1n) is 19.1. The van der Waals surface area contributed by atoms with Crippen LogP contribution in [0.3, 0.4) is 0 Å². The van der Waals surface area contributed by atoms with Crippen LogP contribution in [-0.2, 0) is 37.9 Å². The van der Waals surface area contributed by atoms with E-state index in [2.05, 4.69) is 21.3 Å². The molecule has 2 unspecified atom stereocenters. The zero-order valence-corrected chi connectivity index (χ0v) is 30.9. The normalized spacial score (nSPS) is 21.8. The van der Waals surface area contributed by atoms with E-state index in [1.807, 2.05) is 54.6 Å². The van der Waals surface area contributed by atoms with Gasteiger partial charge < -0.3 is 41.3 Å². The molecule has 0 aromatic heterocycles. The molecule has 0 aliphatic carbocycles. The fourth-order valence-electron chi connectivity index (χ4n) is 7.56. The largest absolute Gasteiger partial charge is 0.395 e. The van der Waals surface area contributed by atoms with Gasteiger partial charge in [0.2, 0.25) is 17.7 Å². The number of hydrogen-bond donors (Lipinski definition) is 6. The average molecular weight is 737 g/mol. The van der Waals surface area contributed by atoms with E-state index < -0.39 is 17.4 Å². The Kier molecular flexibility index (Phi) is 12.9. The van der Waals surface area contributed by atoms with E-state index in [0.717, 1.165) is 49.9 Å². The van der Waals surface area contributed by atoms with Gasteiger partial charge in [-0.15, -0.1) is 0 Å². The van der Waals surface area contributed by atoms with Crippen molar-refractivity contribution in [3.63, 3.8) is 0 Å². The summed E-state index contributed by atoms with van der Waals surface area (Å²) in [5, 5.41) is 34.6. The van der Waals surface area contributed by atoms with E-state index in [1.54, 1.807) is 47.1 Å². The number of aliphatic hydroxyl groups is 2. The molecule has 286 valence electrons. The smallest absolute Gasteiger partial charge is 0.264 e. The van der Waals surface area contributed by atoms with Crippen LogP contribution in [-0.4, -0.2) is 78.1 Å². The highest BCUT2D eigenvalue weighted by atomic mass is 16.3. The maximum Gasteiger partial charge on any atom is 0.264 e. The quantitative estimate of drug-likeness (QED) is 0.136. The van der Waals surface area contributed by atoms with Crippen molar-refractivity contribution in [2.24, 2.45) is 17.8 Å². The van der Waals surface area contributed by atoms with Gasteiger partial charge in [0.1, 0.15) is 0 Å². The molecule has 4 amide bonds. The number of nitrogens with one attached hydrogen (secondary N) is 4.